The summed E-state index contributed by atoms with van der Waals surface area (Å²) in [5, 5.41) is 8.89. The van der Waals surface area contributed by atoms with E-state index in [9.17, 15) is 0 Å². The zero-order chi connectivity index (χ0) is 19.1. The Kier molecular flexibility index (Phi) is 6.98. The number of ether oxygens (including phenoxy) is 2. The van der Waals surface area contributed by atoms with E-state index in [-0.39, 0.29) is 0 Å². The average molecular weight is 388 g/mol. The molecule has 0 radical (unpaired) electrons. The second kappa shape index (κ2) is 9.65. The number of guanidine groups is 1. The number of thiophene rings is 1. The second-order valence-corrected chi connectivity index (χ2v) is 7.78. The van der Waals surface area contributed by atoms with E-state index in [1.54, 1.807) is 25.5 Å². The lowest BCUT2D eigenvalue weighted by atomic mass is 10.1. The van der Waals surface area contributed by atoms with Gasteiger partial charge in [0.05, 0.1) is 19.8 Å². The van der Waals surface area contributed by atoms with Crippen LogP contribution in [0.15, 0.2) is 34.6 Å². The molecule has 1 aromatic carbocycles. The molecule has 1 heterocycles. The van der Waals surface area contributed by atoms with Crippen LogP contribution in [0.2, 0.25) is 0 Å². The van der Waals surface area contributed by atoms with Crippen molar-refractivity contribution in [3.63, 3.8) is 0 Å². The standard InChI is InChI=1S/C21H29N3O2S/c1-15-11-12-27-19(15)14-24-21(22-2)23-13-16-7-6-10-18(25-3)20(16)26-17-8-4-5-9-17/h6-7,10-12,17H,4-5,8-9,13-14H2,1-3H3,(H2,22,23,24). The quantitative estimate of drug-likeness (QED) is 0.551. The monoisotopic (exact) mass is 387 g/mol. The number of nitrogens with one attached hydrogen (secondary N) is 2. The van der Waals surface area contributed by atoms with Gasteiger partial charge in [0.1, 0.15) is 0 Å². The summed E-state index contributed by atoms with van der Waals surface area (Å²) in [5.74, 6) is 2.42. The van der Waals surface area contributed by atoms with Crippen LogP contribution in [0.25, 0.3) is 0 Å². The fourth-order valence-electron chi connectivity index (χ4n) is 3.32. The van der Waals surface area contributed by atoms with Gasteiger partial charge in [-0.05, 0) is 55.7 Å². The SMILES string of the molecule is CN=C(NCc1cccc(OC)c1OC1CCCC1)NCc1sccc1C. The van der Waals surface area contributed by atoms with Crippen molar-refractivity contribution in [2.45, 2.75) is 51.8 Å². The summed E-state index contributed by atoms with van der Waals surface area (Å²) in [6.07, 6.45) is 5.01. The van der Waals surface area contributed by atoms with Crippen LogP contribution in [0.1, 0.15) is 41.7 Å². The van der Waals surface area contributed by atoms with Crippen LogP contribution in [-0.4, -0.2) is 26.2 Å². The Labute approximate surface area is 165 Å². The van der Waals surface area contributed by atoms with Crippen molar-refractivity contribution in [2.24, 2.45) is 4.99 Å². The number of aliphatic imine (C=N–C) groups is 1. The van der Waals surface area contributed by atoms with E-state index in [1.165, 1.54) is 23.3 Å². The van der Waals surface area contributed by atoms with Gasteiger partial charge in [-0.25, -0.2) is 0 Å². The van der Waals surface area contributed by atoms with Crippen LogP contribution in [0.4, 0.5) is 0 Å². The summed E-state index contributed by atoms with van der Waals surface area (Å²) < 4.78 is 11.8. The van der Waals surface area contributed by atoms with Crippen molar-refractivity contribution in [2.75, 3.05) is 14.2 Å². The molecule has 1 aromatic heterocycles. The molecule has 1 aliphatic carbocycles. The molecule has 2 aromatic rings. The first-order valence-electron chi connectivity index (χ1n) is 9.51. The molecule has 27 heavy (non-hydrogen) atoms. The van der Waals surface area contributed by atoms with E-state index in [0.29, 0.717) is 12.6 Å². The van der Waals surface area contributed by atoms with Gasteiger partial charge in [-0.3, -0.25) is 4.99 Å². The summed E-state index contributed by atoms with van der Waals surface area (Å²) in [6, 6.07) is 8.18. The molecule has 0 bridgehead atoms. The third kappa shape index (κ3) is 5.16. The molecule has 3 rings (SSSR count). The Morgan fingerprint density at radius 3 is 2.63 bits per heavy atom. The molecule has 0 atom stereocenters. The molecule has 6 heteroatoms. The normalized spacial score (nSPS) is 15.0. The van der Waals surface area contributed by atoms with Gasteiger partial charge in [-0.2, -0.15) is 0 Å². The molecule has 1 fully saturated rings. The minimum atomic E-state index is 0.291. The molecule has 0 spiro atoms. The van der Waals surface area contributed by atoms with Crippen molar-refractivity contribution >= 4 is 17.3 Å². The zero-order valence-corrected chi connectivity index (χ0v) is 17.2. The van der Waals surface area contributed by atoms with Crippen molar-refractivity contribution in [3.8, 4) is 11.5 Å². The van der Waals surface area contributed by atoms with Gasteiger partial charge in [0.15, 0.2) is 17.5 Å². The van der Waals surface area contributed by atoms with Gasteiger partial charge in [0.2, 0.25) is 0 Å². The number of benzene rings is 1. The Hall–Kier alpha value is -2.21. The predicted molar refractivity (Wildman–Crippen MR) is 112 cm³/mol. The highest BCUT2D eigenvalue weighted by atomic mass is 32.1. The maximum absolute atomic E-state index is 6.31. The maximum atomic E-state index is 6.31. The number of nitrogens with zero attached hydrogens (tertiary/aromatic N) is 1. The fraction of sp³-hybridized carbons (Fsp3) is 0.476. The summed E-state index contributed by atoms with van der Waals surface area (Å²) >= 11 is 1.76. The van der Waals surface area contributed by atoms with Crippen LogP contribution in [0, 0.1) is 6.92 Å². The van der Waals surface area contributed by atoms with Crippen molar-refractivity contribution in [1.29, 1.82) is 0 Å². The molecule has 0 unspecified atom stereocenters. The van der Waals surface area contributed by atoms with Crippen LogP contribution in [0.5, 0.6) is 11.5 Å². The second-order valence-electron chi connectivity index (χ2n) is 6.78. The van der Waals surface area contributed by atoms with Crippen LogP contribution in [-0.2, 0) is 13.1 Å². The predicted octanol–water partition coefficient (Wildman–Crippen LogP) is 4.25. The van der Waals surface area contributed by atoms with Gasteiger partial charge in [-0.15, -0.1) is 11.3 Å². The van der Waals surface area contributed by atoms with Crippen LogP contribution < -0.4 is 20.1 Å². The van der Waals surface area contributed by atoms with Crippen molar-refractivity contribution in [1.82, 2.24) is 10.6 Å². The zero-order valence-electron chi connectivity index (χ0n) is 16.4. The average Bonchev–Trinajstić information content (AvgIpc) is 3.34. The third-order valence-electron chi connectivity index (χ3n) is 4.92. The highest BCUT2D eigenvalue weighted by Gasteiger charge is 2.20. The highest BCUT2D eigenvalue weighted by molar-refractivity contribution is 7.10. The number of methoxy groups -OCH3 is 1. The first-order valence-corrected chi connectivity index (χ1v) is 10.4. The number of rotatable bonds is 7. The molecule has 0 saturated heterocycles. The summed E-state index contributed by atoms with van der Waals surface area (Å²) in [5.41, 5.74) is 2.39. The van der Waals surface area contributed by atoms with E-state index in [2.05, 4.69) is 40.1 Å². The largest absolute Gasteiger partial charge is 0.493 e. The summed E-state index contributed by atoms with van der Waals surface area (Å²) in [6.45, 7) is 3.53. The van der Waals surface area contributed by atoms with E-state index in [1.807, 2.05) is 12.1 Å². The number of aryl methyl sites for hydroxylation is 1. The van der Waals surface area contributed by atoms with Gasteiger partial charge >= 0.3 is 0 Å². The maximum Gasteiger partial charge on any atom is 0.191 e. The highest BCUT2D eigenvalue weighted by Crippen LogP contribution is 2.34. The lowest BCUT2D eigenvalue weighted by Crippen LogP contribution is -2.36. The van der Waals surface area contributed by atoms with E-state index >= 15 is 0 Å². The number of para-hydroxylation sites is 1. The Bertz CT molecular complexity index is 767. The van der Waals surface area contributed by atoms with Crippen molar-refractivity contribution in [3.05, 3.63) is 45.6 Å². The summed E-state index contributed by atoms with van der Waals surface area (Å²) in [7, 11) is 3.48. The fourth-order valence-corrected chi connectivity index (χ4v) is 4.16. The molecule has 0 aliphatic heterocycles. The van der Waals surface area contributed by atoms with Gasteiger partial charge < -0.3 is 20.1 Å². The smallest absolute Gasteiger partial charge is 0.191 e. The first-order chi connectivity index (χ1) is 13.2. The number of hydrogen-bond acceptors (Lipinski definition) is 4. The lowest BCUT2D eigenvalue weighted by molar-refractivity contribution is 0.198. The minimum absolute atomic E-state index is 0.291. The molecular formula is C21H29N3O2S. The molecule has 2 N–H and O–H groups in total. The van der Waals surface area contributed by atoms with Gasteiger partial charge in [0.25, 0.3) is 0 Å². The summed E-state index contributed by atoms with van der Waals surface area (Å²) in [4.78, 5) is 5.66. The molecule has 1 saturated carbocycles. The van der Waals surface area contributed by atoms with E-state index in [4.69, 9.17) is 9.47 Å². The number of hydrogen-bond donors (Lipinski definition) is 2. The van der Waals surface area contributed by atoms with Crippen LogP contribution in [0.3, 0.4) is 0 Å². The lowest BCUT2D eigenvalue weighted by Gasteiger charge is -2.20. The molecule has 5 nitrogen and oxygen atoms in total. The van der Waals surface area contributed by atoms with Crippen LogP contribution >= 0.6 is 11.3 Å². The molecule has 0 amide bonds. The molecule has 146 valence electrons. The Morgan fingerprint density at radius 1 is 1.19 bits per heavy atom. The third-order valence-corrected chi connectivity index (χ3v) is 5.94. The van der Waals surface area contributed by atoms with Gasteiger partial charge in [-0.1, -0.05) is 12.1 Å². The first kappa shape index (κ1) is 19.5. The minimum Gasteiger partial charge on any atom is -0.493 e. The Morgan fingerprint density at radius 2 is 1.96 bits per heavy atom. The topological polar surface area (TPSA) is 54.9 Å². The van der Waals surface area contributed by atoms with Gasteiger partial charge in [0, 0.05) is 24.0 Å². The van der Waals surface area contributed by atoms with E-state index in [0.717, 1.165) is 42.4 Å². The van der Waals surface area contributed by atoms with E-state index < -0.39 is 0 Å². The Balaban J connectivity index is 1.64. The molecule has 1 aliphatic rings. The van der Waals surface area contributed by atoms with Crippen molar-refractivity contribution < 1.29 is 9.47 Å². The molecular weight excluding hydrogens is 358 g/mol.